The van der Waals surface area contributed by atoms with E-state index in [-0.39, 0.29) is 30.8 Å². The minimum Gasteiger partial charge on any atom is -0.354 e. The molecule has 0 saturated heterocycles. The molecule has 1 aliphatic heterocycles. The molecule has 1 aliphatic rings. The van der Waals surface area contributed by atoms with Crippen LogP contribution in [0.25, 0.3) is 0 Å². The predicted molar refractivity (Wildman–Crippen MR) is 105 cm³/mol. The lowest BCUT2D eigenvalue weighted by Gasteiger charge is -2.36. The van der Waals surface area contributed by atoms with Crippen LogP contribution in [0.15, 0.2) is 24.3 Å². The van der Waals surface area contributed by atoms with E-state index in [0.29, 0.717) is 25.8 Å². The van der Waals surface area contributed by atoms with Crippen LogP contribution in [0, 0.1) is 5.92 Å². The molecular formula is C21H30F3N3O2. The van der Waals surface area contributed by atoms with Gasteiger partial charge in [0.25, 0.3) is 0 Å². The molecule has 0 aliphatic carbocycles. The van der Waals surface area contributed by atoms with Crippen LogP contribution in [0.1, 0.15) is 37.8 Å². The number of carbonyl (C=O) groups excluding carboxylic acids is 2. The second kappa shape index (κ2) is 10.1. The van der Waals surface area contributed by atoms with Crippen LogP contribution in [0.2, 0.25) is 0 Å². The van der Waals surface area contributed by atoms with Crippen LogP contribution >= 0.6 is 0 Å². The average molecular weight is 413 g/mol. The van der Waals surface area contributed by atoms with Crippen LogP contribution in [-0.4, -0.2) is 60.5 Å². The fourth-order valence-corrected chi connectivity index (χ4v) is 3.55. The Morgan fingerprint density at radius 2 is 1.90 bits per heavy atom. The number of rotatable bonds is 8. The van der Waals surface area contributed by atoms with Crippen molar-refractivity contribution in [2.24, 2.45) is 5.92 Å². The van der Waals surface area contributed by atoms with Crippen molar-refractivity contribution in [3.63, 3.8) is 0 Å². The van der Waals surface area contributed by atoms with E-state index in [1.54, 1.807) is 4.90 Å². The minimum atomic E-state index is -4.23. The Morgan fingerprint density at radius 1 is 1.24 bits per heavy atom. The summed E-state index contributed by atoms with van der Waals surface area (Å²) in [7, 11) is 1.40. The molecule has 0 aromatic heterocycles. The van der Waals surface area contributed by atoms with Gasteiger partial charge in [0.15, 0.2) is 0 Å². The number of hydrogen-bond acceptors (Lipinski definition) is 3. The molecule has 8 heteroatoms. The van der Waals surface area contributed by atoms with Crippen LogP contribution in [0.5, 0.6) is 0 Å². The molecule has 1 unspecified atom stereocenters. The van der Waals surface area contributed by atoms with Gasteiger partial charge >= 0.3 is 6.18 Å². The first-order valence-corrected chi connectivity index (χ1v) is 9.96. The summed E-state index contributed by atoms with van der Waals surface area (Å²) < 4.78 is 37.1. The van der Waals surface area contributed by atoms with Gasteiger partial charge in [0.2, 0.25) is 11.8 Å². The molecule has 0 saturated carbocycles. The first-order chi connectivity index (χ1) is 13.6. The Balaban J connectivity index is 1.95. The van der Waals surface area contributed by atoms with Crippen LogP contribution in [0.3, 0.4) is 0 Å². The summed E-state index contributed by atoms with van der Waals surface area (Å²) in [6, 6.07) is 7.17. The molecule has 2 rings (SSSR count). The molecule has 1 atom stereocenters. The highest BCUT2D eigenvalue weighted by molar-refractivity contribution is 5.88. The maximum absolute atomic E-state index is 12.8. The Labute approximate surface area is 170 Å². The third-order valence-corrected chi connectivity index (χ3v) is 4.92. The number of nitrogens with one attached hydrogen (secondary N) is 1. The number of halogens is 3. The standard InChI is InChI=1S/C21H30F3N3O2/c1-15(2)11-19(28)27-13-17-8-5-4-7-16(17)12-18(27)20(29)25-9-6-10-26(3)14-21(22,23)24/h4-5,7-8,15,18H,6,9-14H2,1-3H3,(H,25,29). The van der Waals surface area contributed by atoms with Gasteiger partial charge in [0, 0.05) is 25.9 Å². The summed E-state index contributed by atoms with van der Waals surface area (Å²) >= 11 is 0. The Kier molecular flexibility index (Phi) is 8.07. The van der Waals surface area contributed by atoms with Crippen molar-refractivity contribution in [2.75, 3.05) is 26.7 Å². The molecule has 29 heavy (non-hydrogen) atoms. The van der Waals surface area contributed by atoms with E-state index in [1.807, 2.05) is 38.1 Å². The summed E-state index contributed by atoms with van der Waals surface area (Å²) in [6.45, 7) is 3.84. The van der Waals surface area contributed by atoms with Gasteiger partial charge in [0.1, 0.15) is 6.04 Å². The zero-order valence-electron chi connectivity index (χ0n) is 17.3. The lowest BCUT2D eigenvalue weighted by Crippen LogP contribution is -2.53. The second-order valence-corrected chi connectivity index (χ2v) is 8.11. The maximum atomic E-state index is 12.8. The molecule has 0 radical (unpaired) electrons. The van der Waals surface area contributed by atoms with Gasteiger partial charge in [-0.1, -0.05) is 38.1 Å². The Morgan fingerprint density at radius 3 is 2.52 bits per heavy atom. The number of alkyl halides is 3. The first kappa shape index (κ1) is 23.2. The number of carbonyl (C=O) groups is 2. The van der Waals surface area contributed by atoms with Gasteiger partial charge in [0.05, 0.1) is 6.54 Å². The normalized spacial score (nSPS) is 16.8. The summed E-state index contributed by atoms with van der Waals surface area (Å²) in [4.78, 5) is 28.3. The minimum absolute atomic E-state index is 0.0560. The molecule has 1 aromatic carbocycles. The SMILES string of the molecule is CC(C)CC(=O)N1Cc2ccccc2CC1C(=O)NCCCN(C)CC(F)(F)F. The number of amides is 2. The maximum Gasteiger partial charge on any atom is 0.401 e. The number of hydrogen-bond donors (Lipinski definition) is 1. The lowest BCUT2D eigenvalue weighted by atomic mass is 9.92. The molecule has 162 valence electrons. The van der Waals surface area contributed by atoms with E-state index in [0.717, 1.165) is 11.1 Å². The molecule has 1 aromatic rings. The van der Waals surface area contributed by atoms with Crippen molar-refractivity contribution in [2.45, 2.75) is 51.9 Å². The fourth-order valence-electron chi connectivity index (χ4n) is 3.55. The van der Waals surface area contributed by atoms with Crippen LogP contribution < -0.4 is 5.32 Å². The van der Waals surface area contributed by atoms with Crippen LogP contribution in [-0.2, 0) is 22.6 Å². The monoisotopic (exact) mass is 413 g/mol. The highest BCUT2D eigenvalue weighted by Crippen LogP contribution is 2.25. The van der Waals surface area contributed by atoms with Gasteiger partial charge < -0.3 is 10.2 Å². The van der Waals surface area contributed by atoms with Crippen molar-refractivity contribution >= 4 is 11.8 Å². The number of fused-ring (bicyclic) bond motifs is 1. The van der Waals surface area contributed by atoms with Crippen molar-refractivity contribution in [1.82, 2.24) is 15.1 Å². The third kappa shape index (κ3) is 7.34. The van der Waals surface area contributed by atoms with Crippen molar-refractivity contribution in [3.05, 3.63) is 35.4 Å². The molecule has 0 fully saturated rings. The Hall–Kier alpha value is -2.09. The van der Waals surface area contributed by atoms with E-state index >= 15 is 0 Å². The summed E-state index contributed by atoms with van der Waals surface area (Å²) in [6.07, 6.45) is -3.01. The first-order valence-electron chi connectivity index (χ1n) is 9.96. The predicted octanol–water partition coefficient (Wildman–Crippen LogP) is 2.99. The van der Waals surface area contributed by atoms with Gasteiger partial charge in [-0.15, -0.1) is 0 Å². The zero-order chi connectivity index (χ0) is 21.6. The quantitative estimate of drug-likeness (QED) is 0.667. The molecule has 0 spiro atoms. The van der Waals surface area contributed by atoms with E-state index in [2.05, 4.69) is 5.32 Å². The largest absolute Gasteiger partial charge is 0.401 e. The molecule has 1 N–H and O–H groups in total. The van der Waals surface area contributed by atoms with Gasteiger partial charge in [-0.3, -0.25) is 14.5 Å². The lowest BCUT2D eigenvalue weighted by molar-refractivity contribution is -0.143. The van der Waals surface area contributed by atoms with Gasteiger partial charge in [-0.2, -0.15) is 13.2 Å². The van der Waals surface area contributed by atoms with Crippen LogP contribution in [0.4, 0.5) is 13.2 Å². The van der Waals surface area contributed by atoms with Crippen molar-refractivity contribution in [3.8, 4) is 0 Å². The molecule has 1 heterocycles. The van der Waals surface area contributed by atoms with Gasteiger partial charge in [-0.25, -0.2) is 0 Å². The van der Waals surface area contributed by atoms with E-state index in [4.69, 9.17) is 0 Å². The molecule has 2 amide bonds. The third-order valence-electron chi connectivity index (χ3n) is 4.92. The topological polar surface area (TPSA) is 52.7 Å². The molecule has 5 nitrogen and oxygen atoms in total. The molecule has 0 bridgehead atoms. The fraction of sp³-hybridized carbons (Fsp3) is 0.619. The summed E-state index contributed by atoms with van der Waals surface area (Å²) in [5, 5.41) is 2.80. The highest BCUT2D eigenvalue weighted by atomic mass is 19.4. The molecular weight excluding hydrogens is 383 g/mol. The number of benzene rings is 1. The summed E-state index contributed by atoms with van der Waals surface area (Å²) in [5.41, 5.74) is 2.09. The van der Waals surface area contributed by atoms with Crippen molar-refractivity contribution < 1.29 is 22.8 Å². The van der Waals surface area contributed by atoms with Gasteiger partial charge in [-0.05, 0) is 37.1 Å². The number of nitrogens with zero attached hydrogens (tertiary/aromatic N) is 2. The highest BCUT2D eigenvalue weighted by Gasteiger charge is 2.34. The summed E-state index contributed by atoms with van der Waals surface area (Å²) in [5.74, 6) is -0.123. The Bertz CT molecular complexity index is 707. The average Bonchev–Trinajstić information content (AvgIpc) is 2.62. The van der Waals surface area contributed by atoms with E-state index in [9.17, 15) is 22.8 Å². The second-order valence-electron chi connectivity index (χ2n) is 8.11. The van der Waals surface area contributed by atoms with E-state index < -0.39 is 18.8 Å². The van der Waals surface area contributed by atoms with Crippen molar-refractivity contribution in [1.29, 1.82) is 0 Å². The zero-order valence-corrected chi connectivity index (χ0v) is 17.3. The smallest absolute Gasteiger partial charge is 0.354 e. The van der Waals surface area contributed by atoms with E-state index in [1.165, 1.54) is 11.9 Å².